The summed E-state index contributed by atoms with van der Waals surface area (Å²) in [7, 11) is 2.57. The van der Waals surface area contributed by atoms with Gasteiger partial charge in [-0.15, -0.1) is 0 Å². The lowest BCUT2D eigenvalue weighted by Crippen LogP contribution is -2.42. The summed E-state index contributed by atoms with van der Waals surface area (Å²) < 4.78 is 63.9. The Balaban J connectivity index is 2.77. The van der Waals surface area contributed by atoms with Crippen LogP contribution >= 0.6 is 0 Å². The minimum Gasteiger partial charge on any atom is -0.343 e. The van der Waals surface area contributed by atoms with Crippen molar-refractivity contribution in [2.75, 3.05) is 14.2 Å². The lowest BCUT2D eigenvalue weighted by atomic mass is 9.91. The zero-order valence-electron chi connectivity index (χ0n) is 16.3. The Bertz CT molecular complexity index is 577. The smallest absolute Gasteiger partial charge is 0.282 e. The average molecular weight is 394 g/mol. The first kappa shape index (κ1) is 23.9. The van der Waals surface area contributed by atoms with Gasteiger partial charge >= 0.3 is 0 Å². The highest BCUT2D eigenvalue weighted by Gasteiger charge is 2.37. The fourth-order valence-electron chi connectivity index (χ4n) is 3.23. The van der Waals surface area contributed by atoms with Crippen LogP contribution in [0.5, 0.6) is 0 Å². The van der Waals surface area contributed by atoms with E-state index in [0.29, 0.717) is 12.5 Å². The van der Waals surface area contributed by atoms with Crippen LogP contribution in [0.4, 0.5) is 17.6 Å². The number of methoxy groups -OCH3 is 2. The Morgan fingerprint density at radius 3 is 2.07 bits per heavy atom. The normalized spacial score (nSPS) is 13.2. The minimum absolute atomic E-state index is 0.0878. The molecule has 1 N–H and O–H groups in total. The molecular formula is C20H30F4O3. The van der Waals surface area contributed by atoms with Gasteiger partial charge in [0.2, 0.25) is 0 Å². The Labute approximate surface area is 158 Å². The summed E-state index contributed by atoms with van der Waals surface area (Å²) in [6.45, 7) is 2.13. The Kier molecular flexibility index (Phi) is 10.3. The molecule has 1 atom stereocenters. The van der Waals surface area contributed by atoms with Crippen molar-refractivity contribution >= 4 is 0 Å². The first-order chi connectivity index (χ1) is 12.8. The van der Waals surface area contributed by atoms with Crippen molar-refractivity contribution < 1.29 is 32.1 Å². The van der Waals surface area contributed by atoms with Gasteiger partial charge in [0, 0.05) is 20.1 Å². The van der Waals surface area contributed by atoms with Gasteiger partial charge in [-0.2, -0.15) is 0 Å². The summed E-state index contributed by atoms with van der Waals surface area (Å²) >= 11 is 0. The SMILES string of the molecule is CCCCCCCCC(CCc1cc(F)c(F)c(F)c1F)C(O)(OC)OC. The van der Waals surface area contributed by atoms with Gasteiger partial charge in [-0.25, -0.2) is 17.6 Å². The number of aliphatic hydroxyl groups is 1. The van der Waals surface area contributed by atoms with Gasteiger partial charge in [0.15, 0.2) is 23.3 Å². The van der Waals surface area contributed by atoms with E-state index in [4.69, 9.17) is 9.47 Å². The third-order valence-corrected chi connectivity index (χ3v) is 4.95. The van der Waals surface area contributed by atoms with Crippen LogP contribution in [0.3, 0.4) is 0 Å². The van der Waals surface area contributed by atoms with Gasteiger partial charge in [-0.1, -0.05) is 45.4 Å². The summed E-state index contributed by atoms with van der Waals surface area (Å²) in [6, 6.07) is 0.647. The van der Waals surface area contributed by atoms with Crippen molar-refractivity contribution in [3.63, 3.8) is 0 Å². The zero-order chi connectivity index (χ0) is 20.4. The highest BCUT2D eigenvalue weighted by atomic mass is 19.2. The molecule has 0 saturated carbocycles. The van der Waals surface area contributed by atoms with Gasteiger partial charge in [-0.3, -0.25) is 0 Å². The molecule has 0 radical (unpaired) electrons. The van der Waals surface area contributed by atoms with Crippen molar-refractivity contribution in [1.29, 1.82) is 0 Å². The van der Waals surface area contributed by atoms with Gasteiger partial charge in [0.25, 0.3) is 5.97 Å². The number of hydrogen-bond donors (Lipinski definition) is 1. The molecule has 0 aliphatic heterocycles. The van der Waals surface area contributed by atoms with Crippen molar-refractivity contribution in [3.05, 3.63) is 34.9 Å². The van der Waals surface area contributed by atoms with Gasteiger partial charge in [0.1, 0.15) is 0 Å². The van der Waals surface area contributed by atoms with E-state index in [0.717, 1.165) is 32.1 Å². The lowest BCUT2D eigenvalue weighted by Gasteiger charge is -2.33. The molecule has 1 aromatic carbocycles. The summed E-state index contributed by atoms with van der Waals surface area (Å²) in [6.07, 6.45) is 6.91. The summed E-state index contributed by atoms with van der Waals surface area (Å²) in [5, 5.41) is 10.5. The molecule has 1 rings (SSSR count). The number of ether oxygens (including phenoxy) is 2. The molecule has 0 aromatic heterocycles. The molecule has 3 nitrogen and oxygen atoms in total. The highest BCUT2D eigenvalue weighted by molar-refractivity contribution is 5.22. The molecular weight excluding hydrogens is 364 g/mol. The fourth-order valence-corrected chi connectivity index (χ4v) is 3.23. The van der Waals surface area contributed by atoms with E-state index in [1.807, 2.05) is 0 Å². The molecule has 0 aliphatic rings. The molecule has 0 amide bonds. The fraction of sp³-hybridized carbons (Fsp3) is 0.700. The van der Waals surface area contributed by atoms with Crippen molar-refractivity contribution in [3.8, 4) is 0 Å². The van der Waals surface area contributed by atoms with Crippen LogP contribution in [0.2, 0.25) is 0 Å². The van der Waals surface area contributed by atoms with Gasteiger partial charge in [-0.05, 0) is 30.9 Å². The maximum absolute atomic E-state index is 13.9. The first-order valence-electron chi connectivity index (χ1n) is 9.45. The highest BCUT2D eigenvalue weighted by Crippen LogP contribution is 2.31. The van der Waals surface area contributed by atoms with Crippen LogP contribution < -0.4 is 0 Å². The van der Waals surface area contributed by atoms with Crippen LogP contribution in [0.25, 0.3) is 0 Å². The van der Waals surface area contributed by atoms with E-state index in [-0.39, 0.29) is 18.4 Å². The number of unbranched alkanes of at least 4 members (excludes halogenated alkanes) is 5. The molecule has 27 heavy (non-hydrogen) atoms. The van der Waals surface area contributed by atoms with E-state index in [2.05, 4.69) is 6.92 Å². The Morgan fingerprint density at radius 2 is 1.48 bits per heavy atom. The first-order valence-corrected chi connectivity index (χ1v) is 9.45. The molecule has 0 bridgehead atoms. The molecule has 1 aromatic rings. The number of aryl methyl sites for hydroxylation is 1. The van der Waals surface area contributed by atoms with Crippen molar-refractivity contribution in [2.24, 2.45) is 5.92 Å². The van der Waals surface area contributed by atoms with Crippen LogP contribution in [0.15, 0.2) is 6.07 Å². The molecule has 0 heterocycles. The molecule has 7 heteroatoms. The molecule has 1 unspecified atom stereocenters. The second-order valence-corrected chi connectivity index (χ2v) is 6.79. The molecule has 0 spiro atoms. The topological polar surface area (TPSA) is 38.7 Å². The van der Waals surface area contributed by atoms with Crippen LogP contribution in [0.1, 0.15) is 63.9 Å². The summed E-state index contributed by atoms with van der Waals surface area (Å²) in [5.41, 5.74) is -0.283. The average Bonchev–Trinajstić information content (AvgIpc) is 2.68. The summed E-state index contributed by atoms with van der Waals surface area (Å²) in [4.78, 5) is 0. The Morgan fingerprint density at radius 1 is 0.889 bits per heavy atom. The molecule has 0 fully saturated rings. The number of halogens is 4. The largest absolute Gasteiger partial charge is 0.343 e. The van der Waals surface area contributed by atoms with Crippen LogP contribution in [-0.4, -0.2) is 25.3 Å². The van der Waals surface area contributed by atoms with Crippen LogP contribution in [-0.2, 0) is 15.9 Å². The Hall–Kier alpha value is -1.18. The summed E-state index contributed by atoms with van der Waals surface area (Å²) in [5.74, 6) is -8.92. The monoisotopic (exact) mass is 394 g/mol. The van der Waals surface area contributed by atoms with E-state index in [1.165, 1.54) is 20.6 Å². The predicted molar refractivity (Wildman–Crippen MR) is 95.0 cm³/mol. The zero-order valence-corrected chi connectivity index (χ0v) is 16.3. The second-order valence-electron chi connectivity index (χ2n) is 6.79. The third-order valence-electron chi connectivity index (χ3n) is 4.95. The lowest BCUT2D eigenvalue weighted by molar-refractivity contribution is -0.369. The molecule has 0 saturated heterocycles. The molecule has 0 aliphatic carbocycles. The number of rotatable bonds is 13. The molecule has 156 valence electrons. The number of benzene rings is 1. The third kappa shape index (κ3) is 6.73. The maximum Gasteiger partial charge on any atom is 0.282 e. The van der Waals surface area contributed by atoms with E-state index in [9.17, 15) is 22.7 Å². The van der Waals surface area contributed by atoms with Gasteiger partial charge in [0.05, 0.1) is 0 Å². The number of hydrogen-bond acceptors (Lipinski definition) is 3. The minimum atomic E-state index is -1.88. The van der Waals surface area contributed by atoms with E-state index in [1.54, 1.807) is 0 Å². The van der Waals surface area contributed by atoms with Crippen molar-refractivity contribution in [1.82, 2.24) is 0 Å². The predicted octanol–water partition coefficient (Wildman–Crippen LogP) is 5.48. The second kappa shape index (κ2) is 11.6. The van der Waals surface area contributed by atoms with E-state index >= 15 is 0 Å². The van der Waals surface area contributed by atoms with E-state index < -0.39 is 35.2 Å². The standard InChI is InChI=1S/C20H30F4O3/c1-4-5-6-7-8-9-10-15(20(25,26-2)27-3)12-11-14-13-16(21)18(23)19(24)17(14)22/h13,15,25H,4-12H2,1-3H3. The quantitative estimate of drug-likeness (QED) is 0.158. The van der Waals surface area contributed by atoms with Gasteiger partial charge < -0.3 is 14.6 Å². The van der Waals surface area contributed by atoms with Crippen LogP contribution in [0, 0.1) is 29.2 Å². The van der Waals surface area contributed by atoms with Crippen molar-refractivity contribution in [2.45, 2.75) is 70.7 Å². The maximum atomic E-state index is 13.9.